The van der Waals surface area contributed by atoms with Crippen molar-refractivity contribution in [2.45, 2.75) is 18.1 Å². The summed E-state index contributed by atoms with van der Waals surface area (Å²) in [6, 6.07) is 8.77. The molecule has 0 atom stereocenters. The summed E-state index contributed by atoms with van der Waals surface area (Å²) in [5.74, 6) is -0.0208. The summed E-state index contributed by atoms with van der Waals surface area (Å²) in [6.45, 7) is 2.06. The highest BCUT2D eigenvalue weighted by atomic mass is 16.5. The minimum atomic E-state index is -0.512. The highest BCUT2D eigenvalue weighted by Gasteiger charge is 2.30. The Bertz CT molecular complexity index is 1520. The molecule has 3 heterocycles. The molecule has 2 fully saturated rings. The number of methoxy groups -OCH3 is 1. The van der Waals surface area contributed by atoms with Crippen molar-refractivity contribution >= 4 is 58.5 Å². The lowest BCUT2D eigenvalue weighted by molar-refractivity contribution is -0.117. The molecular formula is C26H33B3N8O5. The van der Waals surface area contributed by atoms with Gasteiger partial charge in [0.1, 0.15) is 29.2 Å². The van der Waals surface area contributed by atoms with E-state index in [-0.39, 0.29) is 29.2 Å². The van der Waals surface area contributed by atoms with Gasteiger partial charge >= 0.3 is 0 Å². The third-order valence-electron chi connectivity index (χ3n) is 6.86. The van der Waals surface area contributed by atoms with Crippen molar-refractivity contribution in [2.75, 3.05) is 44.0 Å². The number of para-hydroxylation sites is 1. The highest BCUT2D eigenvalue weighted by molar-refractivity contribution is 6.60. The number of aryl methyl sites for hydroxylation is 1. The van der Waals surface area contributed by atoms with Crippen LogP contribution in [-0.2, 0) is 16.6 Å². The van der Waals surface area contributed by atoms with E-state index in [0.717, 1.165) is 12.8 Å². The fourth-order valence-electron chi connectivity index (χ4n) is 4.62. The average Bonchev–Trinajstić information content (AvgIpc) is 3.74. The third kappa shape index (κ3) is 6.59. The third-order valence-corrected chi connectivity index (χ3v) is 6.86. The molecule has 1 aliphatic heterocycles. The van der Waals surface area contributed by atoms with Crippen molar-refractivity contribution in [1.29, 1.82) is 0 Å². The van der Waals surface area contributed by atoms with E-state index in [1.165, 1.54) is 7.11 Å². The maximum atomic E-state index is 13.2. The van der Waals surface area contributed by atoms with Crippen LogP contribution in [-0.4, -0.2) is 105 Å². The number of morpholine rings is 1. The first-order chi connectivity index (χ1) is 20.0. The fraction of sp³-hybridized carbons (Fsp3) is 0.385. The molecular weight excluding hydrogens is 537 g/mol. The first-order valence-electron chi connectivity index (χ1n) is 13.9. The molecule has 0 spiro atoms. The second kappa shape index (κ2) is 11.9. The molecule has 1 aromatic carbocycles. The second-order valence-corrected chi connectivity index (χ2v) is 11.4. The Balaban J connectivity index is 1.48. The van der Waals surface area contributed by atoms with Gasteiger partial charge < -0.3 is 30.3 Å². The van der Waals surface area contributed by atoms with Crippen LogP contribution in [0.2, 0.25) is 0 Å². The van der Waals surface area contributed by atoms with Gasteiger partial charge in [-0.3, -0.25) is 19.1 Å². The van der Waals surface area contributed by atoms with E-state index in [1.54, 1.807) is 34.8 Å². The standard InChI is InChI=1S/C26H33B3N8O5/c1-36-19(25(40)37-8-10-42-11-9-37)12-17(35-36)15-4-3-5-16(22(15)41-2)30-18-13-20(31-23(38)14-6-7-14)33-34-21(18)24(39)32-26(27,28)29/h3-5,12-14H,6-11,27-29H2,1-2H3,(H,32,39)(H2,30,31,33,38). The largest absolute Gasteiger partial charge is 0.494 e. The normalized spacial score (nSPS) is 15.1. The van der Waals surface area contributed by atoms with Crippen LogP contribution in [0.1, 0.15) is 33.8 Å². The molecule has 1 saturated carbocycles. The van der Waals surface area contributed by atoms with Crippen LogP contribution in [0.15, 0.2) is 30.3 Å². The predicted octanol–water partition coefficient (Wildman–Crippen LogP) is -1.31. The quantitative estimate of drug-likeness (QED) is 0.267. The number of hydrogen-bond donors (Lipinski definition) is 3. The number of ether oxygens (including phenoxy) is 2. The van der Waals surface area contributed by atoms with Crippen LogP contribution in [0.25, 0.3) is 11.3 Å². The van der Waals surface area contributed by atoms with Crippen LogP contribution >= 0.6 is 0 Å². The zero-order chi connectivity index (χ0) is 30.0. The van der Waals surface area contributed by atoms with Gasteiger partial charge in [-0.25, -0.2) is 0 Å². The van der Waals surface area contributed by atoms with Crippen molar-refractivity contribution in [1.82, 2.24) is 30.2 Å². The number of amides is 3. The van der Waals surface area contributed by atoms with Gasteiger partial charge in [-0.1, -0.05) is 6.07 Å². The number of nitrogens with one attached hydrogen (secondary N) is 3. The van der Waals surface area contributed by atoms with E-state index in [2.05, 4.69) is 31.2 Å². The maximum Gasteiger partial charge on any atom is 0.272 e. The number of carbonyl (C=O) groups is 3. The summed E-state index contributed by atoms with van der Waals surface area (Å²) in [5.41, 5.74) is 2.55. The summed E-state index contributed by atoms with van der Waals surface area (Å²) < 4.78 is 12.7. The molecule has 0 unspecified atom stereocenters. The fourth-order valence-corrected chi connectivity index (χ4v) is 4.62. The average molecular weight is 570 g/mol. The molecule has 42 heavy (non-hydrogen) atoms. The van der Waals surface area contributed by atoms with Gasteiger partial charge in [0.15, 0.2) is 17.3 Å². The summed E-state index contributed by atoms with van der Waals surface area (Å²) in [5, 5.41) is 21.3. The Labute approximate surface area is 246 Å². The van der Waals surface area contributed by atoms with Gasteiger partial charge in [0.2, 0.25) is 5.91 Å². The number of carbonyl (C=O) groups excluding carboxylic acids is 3. The van der Waals surface area contributed by atoms with Crippen LogP contribution < -0.4 is 20.7 Å². The lowest BCUT2D eigenvalue weighted by atomic mass is 9.49. The number of benzene rings is 1. The Hall–Kier alpha value is -4.33. The topological polar surface area (TPSA) is 153 Å². The molecule has 3 N–H and O–H groups in total. The van der Waals surface area contributed by atoms with E-state index in [9.17, 15) is 14.4 Å². The molecule has 1 aliphatic carbocycles. The van der Waals surface area contributed by atoms with Gasteiger partial charge in [0, 0.05) is 37.7 Å². The second-order valence-electron chi connectivity index (χ2n) is 11.4. The van der Waals surface area contributed by atoms with E-state index in [1.807, 2.05) is 35.7 Å². The van der Waals surface area contributed by atoms with Crippen LogP contribution in [0.4, 0.5) is 17.2 Å². The first kappa shape index (κ1) is 29.2. The summed E-state index contributed by atoms with van der Waals surface area (Å²) >= 11 is 0. The molecule has 3 amide bonds. The van der Waals surface area contributed by atoms with E-state index in [4.69, 9.17) is 9.47 Å². The number of rotatable bonds is 9. The Morgan fingerprint density at radius 3 is 2.48 bits per heavy atom. The summed E-state index contributed by atoms with van der Waals surface area (Å²) in [7, 11) is 8.87. The van der Waals surface area contributed by atoms with Crippen molar-refractivity contribution in [3.63, 3.8) is 0 Å². The van der Waals surface area contributed by atoms with Gasteiger partial charge in [-0.2, -0.15) is 5.10 Å². The van der Waals surface area contributed by atoms with E-state index >= 15 is 0 Å². The number of hydrogen-bond acceptors (Lipinski definition) is 9. The van der Waals surface area contributed by atoms with E-state index < -0.39 is 11.1 Å². The molecule has 2 aromatic heterocycles. The zero-order valence-corrected chi connectivity index (χ0v) is 24.5. The van der Waals surface area contributed by atoms with Crippen molar-refractivity contribution < 1.29 is 23.9 Å². The van der Waals surface area contributed by atoms with Gasteiger partial charge in [-0.05, 0) is 36.3 Å². The van der Waals surface area contributed by atoms with Gasteiger partial charge in [-0.15, -0.1) is 10.2 Å². The van der Waals surface area contributed by atoms with Crippen molar-refractivity contribution in [2.24, 2.45) is 13.0 Å². The number of aromatic nitrogens is 4. The molecule has 1 saturated heterocycles. The number of anilines is 3. The molecule has 0 radical (unpaired) electrons. The monoisotopic (exact) mass is 570 g/mol. The SMILES string of the molecule is BC(B)(B)NC(=O)c1nnc(NC(=O)C2CC2)cc1Nc1cccc(-c2cc(C(=O)N3CCOCC3)n(C)n2)c1OC. The highest BCUT2D eigenvalue weighted by Crippen LogP contribution is 2.38. The minimum Gasteiger partial charge on any atom is -0.494 e. The van der Waals surface area contributed by atoms with Crippen LogP contribution in [0, 0.1) is 5.92 Å². The maximum absolute atomic E-state index is 13.2. The van der Waals surface area contributed by atoms with Crippen LogP contribution in [0.3, 0.4) is 0 Å². The van der Waals surface area contributed by atoms with Crippen molar-refractivity contribution in [3.8, 4) is 17.0 Å². The van der Waals surface area contributed by atoms with Gasteiger partial charge in [0.05, 0.1) is 37.4 Å². The number of nitrogens with zero attached hydrogens (tertiary/aromatic N) is 5. The molecule has 3 aromatic rings. The molecule has 5 rings (SSSR count). The first-order valence-corrected chi connectivity index (χ1v) is 13.9. The Morgan fingerprint density at radius 2 is 1.81 bits per heavy atom. The summed E-state index contributed by atoms with van der Waals surface area (Å²) in [6.07, 6.45) is 1.68. The Morgan fingerprint density at radius 1 is 1.07 bits per heavy atom. The summed E-state index contributed by atoms with van der Waals surface area (Å²) in [4.78, 5) is 40.5. The lowest BCUT2D eigenvalue weighted by Gasteiger charge is -2.26. The minimum absolute atomic E-state index is 0.0257. The molecule has 16 heteroatoms. The molecule has 216 valence electrons. The lowest BCUT2D eigenvalue weighted by Crippen LogP contribution is -2.50. The van der Waals surface area contributed by atoms with Crippen molar-refractivity contribution in [3.05, 3.63) is 41.7 Å². The molecule has 13 nitrogen and oxygen atoms in total. The smallest absolute Gasteiger partial charge is 0.272 e. The predicted molar refractivity (Wildman–Crippen MR) is 164 cm³/mol. The molecule has 0 bridgehead atoms. The zero-order valence-electron chi connectivity index (χ0n) is 24.5. The Kier molecular flexibility index (Phi) is 8.25. The van der Waals surface area contributed by atoms with E-state index in [0.29, 0.717) is 60.4 Å². The van der Waals surface area contributed by atoms with Crippen LogP contribution in [0.5, 0.6) is 5.75 Å². The van der Waals surface area contributed by atoms with Gasteiger partial charge in [0.25, 0.3) is 11.8 Å². The molecule has 2 aliphatic rings.